The molecule has 0 rings (SSSR count). The Kier molecular flexibility index (Phi) is 37.9. The standard InChI is InChI=1S/2C10H18O.C9H16O.3CH4/c1-7(2)6-10(11)9(5)8(3)4;1-8(2)6-5-7-10(11)9(3)4;1-4-5-6-7-9(10)8(2)3;;;/h7H,6H2,1-5H3;5,7-9H,6H2,1-4H3;6-8H,4-5H2,1-3H3;3*1H4. The SMILES string of the molecule is C.C.C.CC(C)=C(C)C(=O)CC(C)C.CC(C)CC=CC(=O)C(C)C.CCCC=CC(=O)C(C)C. The fourth-order valence-corrected chi connectivity index (χ4v) is 2.01. The van der Waals surface area contributed by atoms with Crippen LogP contribution < -0.4 is 0 Å². The molecule has 0 bridgehead atoms. The number of unbranched alkanes of at least 4 members (excludes halogenated alkanes) is 1. The Labute approximate surface area is 221 Å². The molecule has 0 spiro atoms. The maximum Gasteiger partial charge on any atom is 0.158 e. The van der Waals surface area contributed by atoms with E-state index >= 15 is 0 Å². The third-order valence-electron chi connectivity index (χ3n) is 4.53. The molecule has 0 atom stereocenters. The van der Waals surface area contributed by atoms with Gasteiger partial charge >= 0.3 is 0 Å². The van der Waals surface area contributed by atoms with Crippen molar-refractivity contribution in [1.29, 1.82) is 0 Å². The van der Waals surface area contributed by atoms with Crippen molar-refractivity contribution in [1.82, 2.24) is 0 Å². The van der Waals surface area contributed by atoms with E-state index in [-0.39, 0.29) is 45.7 Å². The van der Waals surface area contributed by atoms with Crippen molar-refractivity contribution in [3.63, 3.8) is 0 Å². The van der Waals surface area contributed by atoms with E-state index in [1.807, 2.05) is 60.6 Å². The van der Waals surface area contributed by atoms with E-state index in [0.29, 0.717) is 24.0 Å². The molecule has 0 radical (unpaired) electrons. The summed E-state index contributed by atoms with van der Waals surface area (Å²) in [5.74, 6) is 2.15. The normalized spacial score (nSPS) is 10.1. The van der Waals surface area contributed by atoms with Gasteiger partial charge in [0.1, 0.15) is 0 Å². The van der Waals surface area contributed by atoms with E-state index in [0.717, 1.165) is 30.4 Å². The van der Waals surface area contributed by atoms with Crippen LogP contribution in [-0.2, 0) is 14.4 Å². The van der Waals surface area contributed by atoms with Gasteiger partial charge in [0.15, 0.2) is 17.3 Å². The summed E-state index contributed by atoms with van der Waals surface area (Å²) in [6.45, 7) is 24.0. The zero-order chi connectivity index (χ0) is 25.9. The molecule has 3 heteroatoms. The van der Waals surface area contributed by atoms with Gasteiger partial charge in [-0.2, -0.15) is 0 Å². The van der Waals surface area contributed by atoms with Crippen molar-refractivity contribution < 1.29 is 14.4 Å². The van der Waals surface area contributed by atoms with Gasteiger partial charge in [-0.25, -0.2) is 0 Å². The molecule has 210 valence electrons. The summed E-state index contributed by atoms with van der Waals surface area (Å²) in [5, 5.41) is 0. The molecule has 0 aliphatic carbocycles. The lowest BCUT2D eigenvalue weighted by Gasteiger charge is -2.04. The lowest BCUT2D eigenvalue weighted by atomic mass is 10.00. The van der Waals surface area contributed by atoms with Gasteiger partial charge < -0.3 is 0 Å². The van der Waals surface area contributed by atoms with Crippen LogP contribution in [0.2, 0.25) is 0 Å². The van der Waals surface area contributed by atoms with E-state index in [2.05, 4.69) is 34.6 Å². The molecule has 0 aliphatic rings. The molecule has 0 aliphatic heterocycles. The fraction of sp³-hybridized carbons (Fsp3) is 0.719. The van der Waals surface area contributed by atoms with Crippen LogP contribution in [0.4, 0.5) is 0 Å². The summed E-state index contributed by atoms with van der Waals surface area (Å²) in [7, 11) is 0. The minimum absolute atomic E-state index is 0. The Balaban J connectivity index is -0.0000000865. The second-order valence-electron chi connectivity index (χ2n) is 9.98. The van der Waals surface area contributed by atoms with Gasteiger partial charge in [-0.05, 0) is 63.2 Å². The highest BCUT2D eigenvalue weighted by atomic mass is 16.1. The Morgan fingerprint density at radius 3 is 1.34 bits per heavy atom. The van der Waals surface area contributed by atoms with Crippen LogP contribution in [-0.4, -0.2) is 17.3 Å². The van der Waals surface area contributed by atoms with Crippen LogP contribution in [0, 0.1) is 23.7 Å². The first-order valence-electron chi connectivity index (χ1n) is 12.2. The van der Waals surface area contributed by atoms with E-state index in [1.54, 1.807) is 12.2 Å². The maximum atomic E-state index is 11.3. The lowest BCUT2D eigenvalue weighted by Crippen LogP contribution is -2.04. The first-order chi connectivity index (χ1) is 14.7. The lowest BCUT2D eigenvalue weighted by molar-refractivity contribution is -0.118. The van der Waals surface area contributed by atoms with Crippen molar-refractivity contribution in [3.05, 3.63) is 35.5 Å². The number of carbonyl (C=O) groups is 3. The molecule has 3 nitrogen and oxygen atoms in total. The molecule has 35 heavy (non-hydrogen) atoms. The van der Waals surface area contributed by atoms with Crippen LogP contribution in [0.5, 0.6) is 0 Å². The topological polar surface area (TPSA) is 51.2 Å². The summed E-state index contributed by atoms with van der Waals surface area (Å²) in [5.41, 5.74) is 2.06. The first kappa shape index (κ1) is 46.6. The van der Waals surface area contributed by atoms with Crippen molar-refractivity contribution in [2.45, 2.75) is 131 Å². The molecule has 0 heterocycles. The Hall–Kier alpha value is -1.77. The summed E-state index contributed by atoms with van der Waals surface area (Å²) in [4.78, 5) is 33.3. The van der Waals surface area contributed by atoms with Crippen LogP contribution >= 0.6 is 0 Å². The van der Waals surface area contributed by atoms with Gasteiger partial charge in [0.2, 0.25) is 0 Å². The van der Waals surface area contributed by atoms with Crippen molar-refractivity contribution in [2.24, 2.45) is 23.7 Å². The Bertz CT molecular complexity index is 611. The highest BCUT2D eigenvalue weighted by molar-refractivity contribution is 5.95. The summed E-state index contributed by atoms with van der Waals surface area (Å²) >= 11 is 0. The fourth-order valence-electron chi connectivity index (χ4n) is 2.01. The Morgan fingerprint density at radius 1 is 0.657 bits per heavy atom. The largest absolute Gasteiger partial charge is 0.295 e. The quantitative estimate of drug-likeness (QED) is 0.267. The van der Waals surface area contributed by atoms with Gasteiger partial charge in [0, 0.05) is 18.3 Å². The van der Waals surface area contributed by atoms with Gasteiger partial charge in [0.25, 0.3) is 0 Å². The molecular formula is C32H64O3. The molecule has 0 saturated carbocycles. The maximum absolute atomic E-state index is 11.3. The predicted molar refractivity (Wildman–Crippen MR) is 161 cm³/mol. The van der Waals surface area contributed by atoms with E-state index in [1.165, 1.54) is 0 Å². The Morgan fingerprint density at radius 2 is 1.06 bits per heavy atom. The van der Waals surface area contributed by atoms with E-state index in [4.69, 9.17) is 0 Å². The molecule has 0 N–H and O–H groups in total. The second kappa shape index (κ2) is 28.5. The predicted octanol–water partition coefficient (Wildman–Crippen LogP) is 10.2. The molecule has 0 aromatic carbocycles. The molecule has 0 fully saturated rings. The van der Waals surface area contributed by atoms with Crippen molar-refractivity contribution >= 4 is 17.3 Å². The van der Waals surface area contributed by atoms with E-state index < -0.39 is 0 Å². The third kappa shape index (κ3) is 34.5. The highest BCUT2D eigenvalue weighted by Gasteiger charge is 2.07. The highest BCUT2D eigenvalue weighted by Crippen LogP contribution is 2.10. The monoisotopic (exact) mass is 496 g/mol. The zero-order valence-electron chi connectivity index (χ0n) is 23.2. The molecular weight excluding hydrogens is 432 g/mol. The molecule has 0 unspecified atom stereocenters. The molecule has 0 aromatic heterocycles. The number of rotatable bonds is 11. The third-order valence-corrected chi connectivity index (χ3v) is 4.53. The van der Waals surface area contributed by atoms with E-state index in [9.17, 15) is 14.4 Å². The average Bonchev–Trinajstić information content (AvgIpc) is 2.67. The van der Waals surface area contributed by atoms with Crippen molar-refractivity contribution in [3.8, 4) is 0 Å². The van der Waals surface area contributed by atoms with Gasteiger partial charge in [0.05, 0.1) is 0 Å². The smallest absolute Gasteiger partial charge is 0.158 e. The van der Waals surface area contributed by atoms with Crippen molar-refractivity contribution in [2.75, 3.05) is 0 Å². The van der Waals surface area contributed by atoms with Gasteiger partial charge in [-0.1, -0.05) is 109 Å². The first-order valence-corrected chi connectivity index (χ1v) is 12.2. The summed E-state index contributed by atoms with van der Waals surface area (Å²) < 4.78 is 0. The number of allylic oxidation sites excluding steroid dienone is 6. The number of Topliss-reactive ketones (excluding diaryl/α,β-unsaturated/α-hetero) is 1. The molecule has 0 amide bonds. The average molecular weight is 497 g/mol. The number of hydrogen-bond donors (Lipinski definition) is 0. The van der Waals surface area contributed by atoms with Crippen LogP contribution in [0.1, 0.15) is 131 Å². The minimum Gasteiger partial charge on any atom is -0.295 e. The summed E-state index contributed by atoms with van der Waals surface area (Å²) in [6.07, 6.45) is 11.1. The number of ketones is 3. The van der Waals surface area contributed by atoms with Gasteiger partial charge in [-0.15, -0.1) is 0 Å². The zero-order valence-corrected chi connectivity index (χ0v) is 23.2. The minimum atomic E-state index is 0. The van der Waals surface area contributed by atoms with Crippen LogP contribution in [0.3, 0.4) is 0 Å². The number of carbonyl (C=O) groups excluding carboxylic acids is 3. The van der Waals surface area contributed by atoms with Crippen LogP contribution in [0.15, 0.2) is 35.5 Å². The van der Waals surface area contributed by atoms with Gasteiger partial charge in [-0.3, -0.25) is 14.4 Å². The van der Waals surface area contributed by atoms with Crippen LogP contribution in [0.25, 0.3) is 0 Å². The molecule has 0 saturated heterocycles. The summed E-state index contributed by atoms with van der Waals surface area (Å²) in [6, 6.07) is 0. The molecule has 0 aromatic rings. The second-order valence-corrected chi connectivity index (χ2v) is 9.98. The number of hydrogen-bond acceptors (Lipinski definition) is 3.